The number of nitrogens with zero attached hydrogens (tertiary/aromatic N) is 1. The number of aliphatic hydroxyl groups excluding tert-OH is 1. The maximum Gasteiger partial charge on any atom is 0.196 e. The molecule has 2 heterocycles. The Kier molecular flexibility index (Phi) is 8.42. The normalized spacial score (nSPS) is 11.0. The molecule has 7 heteroatoms. The van der Waals surface area contributed by atoms with Gasteiger partial charge in [-0.05, 0) is 62.1 Å². The molecule has 0 saturated heterocycles. The van der Waals surface area contributed by atoms with Crippen molar-refractivity contribution < 1.29 is 24.1 Å². The van der Waals surface area contributed by atoms with Crippen LogP contribution in [0.4, 0.5) is 0 Å². The molecule has 7 nitrogen and oxygen atoms in total. The highest BCUT2D eigenvalue weighted by Crippen LogP contribution is 2.38. The Morgan fingerprint density at radius 3 is 2.58 bits per heavy atom. The molecule has 0 spiro atoms. The molecule has 40 heavy (non-hydrogen) atoms. The van der Waals surface area contributed by atoms with Crippen molar-refractivity contribution in [2.24, 2.45) is 0 Å². The van der Waals surface area contributed by atoms with E-state index in [1.165, 1.54) is 0 Å². The van der Waals surface area contributed by atoms with Crippen LogP contribution in [0.5, 0.6) is 23.0 Å². The predicted octanol–water partition coefficient (Wildman–Crippen LogP) is 6.45. The number of carbonyl (C=O) groups excluding carboxylic acids is 1. The molecule has 0 bridgehead atoms. The first-order valence-electron chi connectivity index (χ1n) is 13.3. The Hall–Kier alpha value is -4.62. The standard InChI is InChI=1S/C33H32N2O5/c1-22-10-11-29(26(19-22)33(37)24-7-4-3-5-8-24)40-30-13-16-35-28-21-32(31(38-2)20-25(28)30)39-18-6-9-27-23(14-17-36)12-15-34-27/h3-5,7-8,10-13,15-16,19-21,34,36H,6,9,14,17-18H2,1-2H3. The van der Waals surface area contributed by atoms with Gasteiger partial charge in [0, 0.05) is 41.7 Å². The van der Waals surface area contributed by atoms with Gasteiger partial charge in [0.25, 0.3) is 0 Å². The number of pyridine rings is 1. The highest BCUT2D eigenvalue weighted by molar-refractivity contribution is 6.11. The number of ketones is 1. The molecular formula is C33H32N2O5. The van der Waals surface area contributed by atoms with Crippen molar-refractivity contribution in [3.63, 3.8) is 0 Å². The van der Waals surface area contributed by atoms with Crippen LogP contribution in [-0.2, 0) is 12.8 Å². The van der Waals surface area contributed by atoms with Crippen molar-refractivity contribution in [1.29, 1.82) is 0 Å². The van der Waals surface area contributed by atoms with Crippen LogP contribution in [0.1, 0.15) is 39.2 Å². The molecule has 0 radical (unpaired) electrons. The first-order valence-corrected chi connectivity index (χ1v) is 13.3. The van der Waals surface area contributed by atoms with Gasteiger partial charge in [0.2, 0.25) is 0 Å². The van der Waals surface area contributed by atoms with Crippen molar-refractivity contribution in [1.82, 2.24) is 9.97 Å². The van der Waals surface area contributed by atoms with Crippen molar-refractivity contribution in [2.45, 2.75) is 26.2 Å². The van der Waals surface area contributed by atoms with E-state index in [0.717, 1.165) is 35.0 Å². The van der Waals surface area contributed by atoms with Gasteiger partial charge in [0.1, 0.15) is 11.5 Å². The summed E-state index contributed by atoms with van der Waals surface area (Å²) in [5.41, 5.74) is 4.99. The van der Waals surface area contributed by atoms with E-state index in [4.69, 9.17) is 14.2 Å². The van der Waals surface area contributed by atoms with Crippen LogP contribution in [0.25, 0.3) is 10.9 Å². The molecule has 0 saturated carbocycles. The molecule has 0 fully saturated rings. The van der Waals surface area contributed by atoms with Crippen LogP contribution < -0.4 is 14.2 Å². The average molecular weight is 537 g/mol. The Bertz CT molecular complexity index is 1610. The van der Waals surface area contributed by atoms with E-state index in [0.29, 0.717) is 52.7 Å². The summed E-state index contributed by atoms with van der Waals surface area (Å²) in [6.07, 6.45) is 5.82. The number of H-pyrrole nitrogens is 1. The van der Waals surface area contributed by atoms with Crippen LogP contribution in [0.15, 0.2) is 85.2 Å². The summed E-state index contributed by atoms with van der Waals surface area (Å²) in [5.74, 6) is 2.08. The molecule has 0 amide bonds. The van der Waals surface area contributed by atoms with Gasteiger partial charge in [-0.3, -0.25) is 9.78 Å². The van der Waals surface area contributed by atoms with Gasteiger partial charge in [-0.1, -0.05) is 42.0 Å². The number of fused-ring (bicyclic) bond motifs is 1. The molecule has 5 rings (SSSR count). The van der Waals surface area contributed by atoms with E-state index >= 15 is 0 Å². The lowest BCUT2D eigenvalue weighted by molar-refractivity contribution is 0.103. The van der Waals surface area contributed by atoms with Gasteiger partial charge in [-0.2, -0.15) is 0 Å². The maximum absolute atomic E-state index is 13.3. The number of rotatable bonds is 12. The van der Waals surface area contributed by atoms with Crippen molar-refractivity contribution in [3.8, 4) is 23.0 Å². The first kappa shape index (κ1) is 27.0. The maximum atomic E-state index is 13.3. The Labute approximate surface area is 233 Å². The number of ether oxygens (including phenoxy) is 3. The lowest BCUT2D eigenvalue weighted by Gasteiger charge is -2.15. The third-order valence-electron chi connectivity index (χ3n) is 6.76. The smallest absolute Gasteiger partial charge is 0.196 e. The van der Waals surface area contributed by atoms with Gasteiger partial charge in [-0.25, -0.2) is 0 Å². The quantitative estimate of drug-likeness (QED) is 0.141. The topological polar surface area (TPSA) is 93.7 Å². The zero-order valence-electron chi connectivity index (χ0n) is 22.6. The lowest BCUT2D eigenvalue weighted by Crippen LogP contribution is -2.04. The highest BCUT2D eigenvalue weighted by Gasteiger charge is 2.18. The second kappa shape index (κ2) is 12.5. The molecule has 204 valence electrons. The third kappa shape index (κ3) is 6.00. The summed E-state index contributed by atoms with van der Waals surface area (Å²) in [4.78, 5) is 21.1. The number of aromatic amines is 1. The van der Waals surface area contributed by atoms with E-state index in [1.807, 2.05) is 67.7 Å². The largest absolute Gasteiger partial charge is 0.493 e. The summed E-state index contributed by atoms with van der Waals surface area (Å²) < 4.78 is 18.1. The number of methoxy groups -OCH3 is 1. The summed E-state index contributed by atoms with van der Waals surface area (Å²) in [6.45, 7) is 2.57. The van der Waals surface area contributed by atoms with Gasteiger partial charge in [0.05, 0.1) is 24.8 Å². The summed E-state index contributed by atoms with van der Waals surface area (Å²) >= 11 is 0. The number of carbonyl (C=O) groups is 1. The first-order chi connectivity index (χ1) is 19.6. The summed E-state index contributed by atoms with van der Waals surface area (Å²) in [6, 6.07) is 22.2. The third-order valence-corrected chi connectivity index (χ3v) is 6.76. The minimum absolute atomic E-state index is 0.103. The molecule has 0 aliphatic heterocycles. The second-order valence-electron chi connectivity index (χ2n) is 9.53. The Morgan fingerprint density at radius 2 is 1.77 bits per heavy atom. The van der Waals surface area contributed by atoms with E-state index in [1.54, 1.807) is 31.5 Å². The summed E-state index contributed by atoms with van der Waals surface area (Å²) in [7, 11) is 1.60. The average Bonchev–Trinajstić information content (AvgIpc) is 3.43. The molecule has 5 aromatic rings. The fourth-order valence-electron chi connectivity index (χ4n) is 4.72. The fourth-order valence-corrected chi connectivity index (χ4v) is 4.72. The molecule has 2 N–H and O–H groups in total. The molecule has 0 aliphatic carbocycles. The number of hydrogen-bond donors (Lipinski definition) is 2. The number of aliphatic hydroxyl groups is 1. The van der Waals surface area contributed by atoms with E-state index in [-0.39, 0.29) is 12.4 Å². The van der Waals surface area contributed by atoms with Crippen molar-refractivity contribution >= 4 is 16.7 Å². The Balaban J connectivity index is 1.37. The molecule has 0 atom stereocenters. The number of nitrogens with one attached hydrogen (secondary N) is 1. The molecule has 0 aliphatic rings. The zero-order valence-corrected chi connectivity index (χ0v) is 22.6. The zero-order chi connectivity index (χ0) is 27.9. The SMILES string of the molecule is COc1cc2c(Oc3ccc(C)cc3C(=O)c3ccccc3)ccnc2cc1OCCCc1[nH]ccc1CCO. The monoisotopic (exact) mass is 536 g/mol. The number of aryl methyl sites for hydroxylation is 2. The van der Waals surface area contributed by atoms with E-state index in [9.17, 15) is 9.90 Å². The molecule has 3 aromatic carbocycles. The number of hydrogen-bond acceptors (Lipinski definition) is 6. The summed E-state index contributed by atoms with van der Waals surface area (Å²) in [5, 5.41) is 9.98. The van der Waals surface area contributed by atoms with E-state index < -0.39 is 0 Å². The molecule has 0 unspecified atom stereocenters. The van der Waals surface area contributed by atoms with Gasteiger partial charge < -0.3 is 24.3 Å². The number of benzene rings is 3. The number of aromatic nitrogens is 2. The van der Waals surface area contributed by atoms with Crippen LogP contribution in [-0.4, -0.2) is 41.2 Å². The predicted molar refractivity (Wildman–Crippen MR) is 155 cm³/mol. The highest BCUT2D eigenvalue weighted by atomic mass is 16.5. The minimum Gasteiger partial charge on any atom is -0.493 e. The molecule has 2 aromatic heterocycles. The minimum atomic E-state index is -0.103. The fraction of sp³-hybridized carbons (Fsp3) is 0.212. The van der Waals surface area contributed by atoms with Crippen LogP contribution >= 0.6 is 0 Å². The Morgan fingerprint density at radius 1 is 0.925 bits per heavy atom. The second-order valence-corrected chi connectivity index (χ2v) is 9.53. The van der Waals surface area contributed by atoms with Crippen LogP contribution in [0.3, 0.4) is 0 Å². The van der Waals surface area contributed by atoms with Crippen LogP contribution in [0, 0.1) is 6.92 Å². The van der Waals surface area contributed by atoms with Gasteiger partial charge in [-0.15, -0.1) is 0 Å². The van der Waals surface area contributed by atoms with Gasteiger partial charge in [0.15, 0.2) is 17.3 Å². The van der Waals surface area contributed by atoms with Crippen molar-refractivity contribution in [3.05, 3.63) is 113 Å². The lowest BCUT2D eigenvalue weighted by atomic mass is 10.0. The van der Waals surface area contributed by atoms with Gasteiger partial charge >= 0.3 is 0 Å². The van der Waals surface area contributed by atoms with Crippen molar-refractivity contribution in [2.75, 3.05) is 20.3 Å². The van der Waals surface area contributed by atoms with Crippen LogP contribution in [0.2, 0.25) is 0 Å². The molecular weight excluding hydrogens is 504 g/mol. The van der Waals surface area contributed by atoms with E-state index in [2.05, 4.69) is 9.97 Å².